The lowest BCUT2D eigenvalue weighted by Crippen LogP contribution is -2.31. The molecule has 0 bridgehead atoms. The van der Waals surface area contributed by atoms with Crippen molar-refractivity contribution in [2.75, 3.05) is 0 Å². The number of hydrogen-bond acceptors (Lipinski definition) is 6. The Balaban J connectivity index is 2.58. The third kappa shape index (κ3) is 2.46. The van der Waals surface area contributed by atoms with Crippen LogP contribution in [0, 0.1) is 6.92 Å². The van der Waals surface area contributed by atoms with Crippen LogP contribution in [0.5, 0.6) is 0 Å². The van der Waals surface area contributed by atoms with E-state index in [1.807, 2.05) is 6.92 Å². The van der Waals surface area contributed by atoms with Crippen LogP contribution in [0.3, 0.4) is 0 Å². The second kappa shape index (κ2) is 3.86. The third-order valence-corrected chi connectivity index (χ3v) is 3.12. The number of nitrogens with zero attached hydrogens (tertiary/aromatic N) is 2. The number of thioether (sulfide) groups is 1. The van der Waals surface area contributed by atoms with Crippen LogP contribution in [-0.2, 0) is 4.79 Å². The smallest absolute Gasteiger partial charge is 0.174 e. The van der Waals surface area contributed by atoms with E-state index in [2.05, 4.69) is 10.2 Å². The fourth-order valence-electron chi connectivity index (χ4n) is 0.525. The van der Waals surface area contributed by atoms with E-state index in [1.165, 1.54) is 11.3 Å². The fraction of sp³-hybridized carbons (Fsp3) is 0.500. The molecule has 0 saturated carbocycles. The molecule has 0 fully saturated rings. The number of rotatable bonds is 3. The summed E-state index contributed by atoms with van der Waals surface area (Å²) >= 11 is 2.54. The summed E-state index contributed by atoms with van der Waals surface area (Å²) in [6.45, 7) is 3.39. The first-order valence-corrected chi connectivity index (χ1v) is 4.97. The van der Waals surface area contributed by atoms with Gasteiger partial charge in [0.1, 0.15) is 5.01 Å². The second-order valence-corrected chi connectivity index (χ2v) is 4.94. The van der Waals surface area contributed by atoms with Crippen LogP contribution in [0.25, 0.3) is 0 Å². The number of aromatic nitrogens is 2. The summed E-state index contributed by atoms with van der Waals surface area (Å²) in [4.78, 5) is 10.3. The predicted octanol–water partition coefficient (Wildman–Crippen LogP) is 0.0770. The Bertz CT molecular complexity index is 287. The molecule has 0 radical (unpaired) electrons. The normalized spacial score (nSPS) is 12.8. The molecule has 66 valence electrons. The average molecular weight is 203 g/mol. The molecule has 6 heteroatoms. The standard InChI is InChI=1S/C6H8N2O2S2/c1-3(5(9)10)11-6-8-7-4(2)12-6/h3H,1-2H3,(H,9,10)/p-1/t3-/m1/s1. The van der Waals surface area contributed by atoms with Gasteiger partial charge < -0.3 is 9.90 Å². The van der Waals surface area contributed by atoms with E-state index in [1.54, 1.807) is 6.92 Å². The molecule has 0 N–H and O–H groups in total. The number of aliphatic carboxylic acids is 1. The Kier molecular flexibility index (Phi) is 3.05. The summed E-state index contributed by atoms with van der Waals surface area (Å²) in [7, 11) is 0. The molecule has 1 rings (SSSR count). The Hall–Kier alpha value is -0.620. The first-order valence-electron chi connectivity index (χ1n) is 3.27. The molecule has 0 spiro atoms. The minimum absolute atomic E-state index is 0.572. The van der Waals surface area contributed by atoms with Crippen molar-refractivity contribution in [2.24, 2.45) is 0 Å². The lowest BCUT2D eigenvalue weighted by atomic mass is 10.5. The molecule has 0 amide bonds. The Morgan fingerprint density at radius 2 is 2.33 bits per heavy atom. The van der Waals surface area contributed by atoms with Crippen molar-refractivity contribution in [1.29, 1.82) is 0 Å². The van der Waals surface area contributed by atoms with Gasteiger partial charge in [0.05, 0.1) is 5.97 Å². The van der Waals surface area contributed by atoms with Crippen molar-refractivity contribution in [3.63, 3.8) is 0 Å². The number of carboxylic acid groups (broad SMARTS) is 1. The lowest BCUT2D eigenvalue weighted by molar-refractivity contribution is -0.304. The van der Waals surface area contributed by atoms with Crippen LogP contribution in [-0.4, -0.2) is 21.4 Å². The zero-order valence-electron chi connectivity index (χ0n) is 6.60. The first-order chi connectivity index (χ1) is 5.59. The van der Waals surface area contributed by atoms with Crippen LogP contribution < -0.4 is 5.11 Å². The zero-order valence-corrected chi connectivity index (χ0v) is 8.24. The van der Waals surface area contributed by atoms with E-state index in [0.29, 0.717) is 4.34 Å². The largest absolute Gasteiger partial charge is 0.549 e. The van der Waals surface area contributed by atoms with E-state index in [9.17, 15) is 9.90 Å². The van der Waals surface area contributed by atoms with Gasteiger partial charge in [0.2, 0.25) is 0 Å². The molecule has 0 aromatic carbocycles. The van der Waals surface area contributed by atoms with Crippen LogP contribution in [0.15, 0.2) is 4.34 Å². The highest BCUT2D eigenvalue weighted by Crippen LogP contribution is 2.25. The van der Waals surface area contributed by atoms with Gasteiger partial charge in [-0.2, -0.15) is 0 Å². The summed E-state index contributed by atoms with van der Waals surface area (Å²) in [5.74, 6) is -1.08. The highest BCUT2D eigenvalue weighted by molar-refractivity contribution is 8.02. The van der Waals surface area contributed by atoms with Crippen molar-refractivity contribution >= 4 is 29.1 Å². The molecule has 0 aliphatic carbocycles. The maximum atomic E-state index is 10.3. The predicted molar refractivity (Wildman–Crippen MR) is 45.0 cm³/mol. The minimum atomic E-state index is -1.08. The number of carboxylic acids is 1. The first kappa shape index (κ1) is 9.47. The van der Waals surface area contributed by atoms with Crippen molar-refractivity contribution in [3.8, 4) is 0 Å². The molecule has 0 aliphatic heterocycles. The Labute approximate surface area is 78.0 Å². The molecule has 0 unspecified atom stereocenters. The summed E-state index contributed by atoms with van der Waals surface area (Å²) in [6.07, 6.45) is 0. The van der Waals surface area contributed by atoms with Crippen LogP contribution in [0.4, 0.5) is 0 Å². The highest BCUT2D eigenvalue weighted by atomic mass is 32.2. The number of carbonyl (C=O) groups is 1. The summed E-state index contributed by atoms with van der Waals surface area (Å²) in [6, 6.07) is 0. The van der Waals surface area contributed by atoms with Gasteiger partial charge in [-0.3, -0.25) is 0 Å². The zero-order chi connectivity index (χ0) is 9.14. The molecule has 1 atom stereocenters. The van der Waals surface area contributed by atoms with Gasteiger partial charge in [0.25, 0.3) is 0 Å². The molecule has 1 aromatic rings. The number of aryl methyl sites for hydroxylation is 1. The number of hydrogen-bond donors (Lipinski definition) is 0. The molecule has 0 saturated heterocycles. The molecule has 0 aliphatic rings. The van der Waals surface area contributed by atoms with E-state index < -0.39 is 11.2 Å². The van der Waals surface area contributed by atoms with Crippen molar-refractivity contribution in [1.82, 2.24) is 10.2 Å². The van der Waals surface area contributed by atoms with Crippen LogP contribution in [0.2, 0.25) is 0 Å². The SMILES string of the molecule is Cc1nnc(S[C@H](C)C(=O)[O-])s1. The molecule has 1 aromatic heterocycles. The van der Waals surface area contributed by atoms with Gasteiger partial charge in [-0.25, -0.2) is 0 Å². The van der Waals surface area contributed by atoms with Gasteiger partial charge in [0.15, 0.2) is 4.34 Å². The van der Waals surface area contributed by atoms with Gasteiger partial charge in [0, 0.05) is 5.25 Å². The summed E-state index contributed by atoms with van der Waals surface area (Å²) in [5, 5.41) is 18.1. The maximum Gasteiger partial charge on any atom is 0.174 e. The summed E-state index contributed by atoms with van der Waals surface area (Å²) in [5.41, 5.74) is 0. The van der Waals surface area contributed by atoms with Crippen LogP contribution >= 0.6 is 23.1 Å². The van der Waals surface area contributed by atoms with Gasteiger partial charge in [-0.05, 0) is 13.8 Å². The molecule has 1 heterocycles. The van der Waals surface area contributed by atoms with Gasteiger partial charge >= 0.3 is 0 Å². The van der Waals surface area contributed by atoms with E-state index in [0.717, 1.165) is 16.8 Å². The summed E-state index contributed by atoms with van der Waals surface area (Å²) < 4.78 is 0.671. The van der Waals surface area contributed by atoms with Crippen LogP contribution in [0.1, 0.15) is 11.9 Å². The highest BCUT2D eigenvalue weighted by Gasteiger charge is 2.08. The van der Waals surface area contributed by atoms with Crippen molar-refractivity contribution < 1.29 is 9.90 Å². The maximum absolute atomic E-state index is 10.3. The van der Waals surface area contributed by atoms with Crippen molar-refractivity contribution in [3.05, 3.63) is 5.01 Å². The molecular weight excluding hydrogens is 196 g/mol. The van der Waals surface area contributed by atoms with Gasteiger partial charge in [-0.15, -0.1) is 10.2 Å². The van der Waals surface area contributed by atoms with E-state index in [4.69, 9.17) is 0 Å². The minimum Gasteiger partial charge on any atom is -0.549 e. The van der Waals surface area contributed by atoms with E-state index >= 15 is 0 Å². The molecular formula is C6H7N2O2S2-. The molecule has 4 nitrogen and oxygen atoms in total. The van der Waals surface area contributed by atoms with Crippen molar-refractivity contribution in [2.45, 2.75) is 23.4 Å². The van der Waals surface area contributed by atoms with Gasteiger partial charge in [-0.1, -0.05) is 23.1 Å². The Morgan fingerprint density at radius 3 is 2.75 bits per heavy atom. The quantitative estimate of drug-likeness (QED) is 0.651. The average Bonchev–Trinajstić information content (AvgIpc) is 2.35. The topological polar surface area (TPSA) is 65.9 Å². The monoisotopic (exact) mass is 203 g/mol. The molecule has 12 heavy (non-hydrogen) atoms. The van der Waals surface area contributed by atoms with E-state index in [-0.39, 0.29) is 0 Å². The second-order valence-electron chi connectivity index (χ2n) is 2.17. The Morgan fingerprint density at radius 1 is 1.67 bits per heavy atom. The fourth-order valence-corrected chi connectivity index (χ4v) is 2.42. The number of carbonyl (C=O) groups excluding carboxylic acids is 1. The third-order valence-electron chi connectivity index (χ3n) is 1.12. The lowest BCUT2D eigenvalue weighted by Gasteiger charge is -2.08.